The van der Waals surface area contributed by atoms with Crippen LogP contribution in [0.4, 0.5) is 4.39 Å². The fraction of sp³-hybridized carbons (Fsp3) is 0.800. The lowest BCUT2D eigenvalue weighted by Crippen LogP contribution is -2.56. The Balaban J connectivity index is 2.86. The standard InChI is InChI=1S/C10H14BrFO5/c1-4-8(16-5(2)13)9(17-6(3)14)7(11)10(12)15-4/h4,7-10H,1-3H3/t4-,7-,8-,9-,10+/m1/s1. The fourth-order valence-electron chi connectivity index (χ4n) is 1.63. The molecule has 1 heterocycles. The molecule has 5 nitrogen and oxygen atoms in total. The first kappa shape index (κ1) is 14.4. The van der Waals surface area contributed by atoms with Crippen molar-refractivity contribution < 1.29 is 28.2 Å². The molecule has 1 rings (SSSR count). The summed E-state index contributed by atoms with van der Waals surface area (Å²) in [4.78, 5) is 21.0. The highest BCUT2D eigenvalue weighted by Crippen LogP contribution is 2.31. The summed E-state index contributed by atoms with van der Waals surface area (Å²) in [5, 5.41) is 0. The maximum Gasteiger partial charge on any atom is 0.303 e. The molecule has 0 aromatic rings. The molecular formula is C10H14BrFO5. The van der Waals surface area contributed by atoms with Crippen molar-refractivity contribution in [2.45, 2.75) is 50.3 Å². The molecule has 0 saturated carbocycles. The third kappa shape index (κ3) is 3.64. The highest BCUT2D eigenvalue weighted by Gasteiger charge is 2.47. The Bertz CT molecular complexity index is 311. The molecule has 0 N–H and O–H groups in total. The quantitative estimate of drug-likeness (QED) is 0.568. The van der Waals surface area contributed by atoms with Gasteiger partial charge in [-0.05, 0) is 6.92 Å². The monoisotopic (exact) mass is 312 g/mol. The summed E-state index contributed by atoms with van der Waals surface area (Å²) in [7, 11) is 0. The van der Waals surface area contributed by atoms with Crippen LogP contribution in [-0.4, -0.2) is 41.4 Å². The van der Waals surface area contributed by atoms with Gasteiger partial charge in [0.15, 0.2) is 12.2 Å². The van der Waals surface area contributed by atoms with Crippen molar-refractivity contribution in [2.75, 3.05) is 0 Å². The van der Waals surface area contributed by atoms with E-state index in [9.17, 15) is 14.0 Å². The number of halogens is 2. The zero-order valence-corrected chi connectivity index (χ0v) is 11.3. The molecule has 0 aliphatic carbocycles. The van der Waals surface area contributed by atoms with E-state index < -0.39 is 41.4 Å². The van der Waals surface area contributed by atoms with Crippen LogP contribution in [0.5, 0.6) is 0 Å². The van der Waals surface area contributed by atoms with E-state index >= 15 is 0 Å². The first-order valence-electron chi connectivity index (χ1n) is 5.11. The Morgan fingerprint density at radius 2 is 1.65 bits per heavy atom. The molecule has 0 amide bonds. The normalized spacial score (nSPS) is 37.4. The highest BCUT2D eigenvalue weighted by atomic mass is 79.9. The second kappa shape index (κ2) is 5.77. The molecule has 1 aliphatic rings. The van der Waals surface area contributed by atoms with Gasteiger partial charge in [0.1, 0.15) is 4.83 Å². The third-order valence-corrected chi connectivity index (χ3v) is 3.24. The van der Waals surface area contributed by atoms with Crippen molar-refractivity contribution in [1.29, 1.82) is 0 Å². The van der Waals surface area contributed by atoms with Crippen LogP contribution in [0.1, 0.15) is 20.8 Å². The Labute approximate surface area is 107 Å². The van der Waals surface area contributed by atoms with Gasteiger partial charge in [-0.25, -0.2) is 4.39 Å². The summed E-state index contributed by atoms with van der Waals surface area (Å²) in [6, 6.07) is 0. The van der Waals surface area contributed by atoms with E-state index in [1.165, 1.54) is 13.8 Å². The van der Waals surface area contributed by atoms with Gasteiger partial charge in [0.05, 0.1) is 6.10 Å². The Morgan fingerprint density at radius 3 is 2.12 bits per heavy atom. The summed E-state index contributed by atoms with van der Waals surface area (Å²) in [5.74, 6) is -1.11. The third-order valence-electron chi connectivity index (χ3n) is 2.30. The van der Waals surface area contributed by atoms with Crippen molar-refractivity contribution in [1.82, 2.24) is 0 Å². The second-order valence-electron chi connectivity index (χ2n) is 3.78. The second-order valence-corrected chi connectivity index (χ2v) is 4.84. The van der Waals surface area contributed by atoms with Crippen molar-refractivity contribution in [3.8, 4) is 0 Å². The van der Waals surface area contributed by atoms with E-state index in [4.69, 9.17) is 14.2 Å². The van der Waals surface area contributed by atoms with E-state index in [-0.39, 0.29) is 0 Å². The molecule has 1 aliphatic heterocycles. The summed E-state index contributed by atoms with van der Waals surface area (Å²) in [6.07, 6.45) is -4.05. The number of hydrogen-bond acceptors (Lipinski definition) is 5. The molecule has 0 aromatic carbocycles. The predicted octanol–water partition coefficient (Wildman–Crippen LogP) is 1.33. The average molecular weight is 313 g/mol. The van der Waals surface area contributed by atoms with Crippen LogP contribution < -0.4 is 0 Å². The molecule has 0 bridgehead atoms. The lowest BCUT2D eigenvalue weighted by atomic mass is 10.0. The maximum atomic E-state index is 13.4. The van der Waals surface area contributed by atoms with Crippen molar-refractivity contribution in [3.63, 3.8) is 0 Å². The fourth-order valence-corrected chi connectivity index (χ4v) is 2.17. The smallest absolute Gasteiger partial charge is 0.303 e. The van der Waals surface area contributed by atoms with E-state index in [2.05, 4.69) is 15.9 Å². The number of carbonyl (C=O) groups excluding carboxylic acids is 2. The Hall–Kier alpha value is -0.690. The minimum atomic E-state index is -1.62. The van der Waals surface area contributed by atoms with Crippen LogP contribution in [0.3, 0.4) is 0 Å². The number of ether oxygens (including phenoxy) is 3. The van der Waals surface area contributed by atoms with Gasteiger partial charge in [-0.2, -0.15) is 0 Å². The van der Waals surface area contributed by atoms with Gasteiger partial charge in [-0.1, -0.05) is 15.9 Å². The van der Waals surface area contributed by atoms with Gasteiger partial charge in [0, 0.05) is 13.8 Å². The first-order valence-corrected chi connectivity index (χ1v) is 6.02. The minimum Gasteiger partial charge on any atom is -0.457 e. The van der Waals surface area contributed by atoms with Gasteiger partial charge >= 0.3 is 11.9 Å². The number of alkyl halides is 2. The number of hydrogen-bond donors (Lipinski definition) is 0. The Morgan fingerprint density at radius 1 is 1.18 bits per heavy atom. The predicted molar refractivity (Wildman–Crippen MR) is 59.3 cm³/mol. The highest BCUT2D eigenvalue weighted by molar-refractivity contribution is 9.09. The SMILES string of the molecule is CC(=O)O[C@@H]1[C@@H](Br)[C@@H](F)O[C@H](C)[C@H]1OC(C)=O. The van der Waals surface area contributed by atoms with Crippen LogP contribution in [0.2, 0.25) is 0 Å². The molecule has 5 atom stereocenters. The molecule has 17 heavy (non-hydrogen) atoms. The maximum absolute atomic E-state index is 13.4. The van der Waals surface area contributed by atoms with Gasteiger partial charge in [-0.3, -0.25) is 9.59 Å². The van der Waals surface area contributed by atoms with E-state index in [0.29, 0.717) is 0 Å². The van der Waals surface area contributed by atoms with Crippen LogP contribution in [0.15, 0.2) is 0 Å². The zero-order chi connectivity index (χ0) is 13.2. The molecular weight excluding hydrogens is 299 g/mol. The lowest BCUT2D eigenvalue weighted by Gasteiger charge is -2.39. The summed E-state index contributed by atoms with van der Waals surface area (Å²) in [5.41, 5.74) is 0. The van der Waals surface area contributed by atoms with Gasteiger partial charge in [0.2, 0.25) is 6.36 Å². The van der Waals surface area contributed by atoms with Crippen LogP contribution in [-0.2, 0) is 23.8 Å². The average Bonchev–Trinajstić information content (AvgIpc) is 2.19. The van der Waals surface area contributed by atoms with Gasteiger partial charge in [-0.15, -0.1) is 0 Å². The van der Waals surface area contributed by atoms with E-state index in [0.717, 1.165) is 0 Å². The summed E-state index contributed by atoms with van der Waals surface area (Å²) < 4.78 is 28.4. The van der Waals surface area contributed by atoms with Crippen molar-refractivity contribution >= 4 is 27.9 Å². The van der Waals surface area contributed by atoms with E-state index in [1.807, 2.05) is 0 Å². The van der Waals surface area contributed by atoms with Crippen LogP contribution in [0.25, 0.3) is 0 Å². The van der Waals surface area contributed by atoms with Crippen LogP contribution >= 0.6 is 15.9 Å². The number of rotatable bonds is 2. The largest absolute Gasteiger partial charge is 0.457 e. The number of esters is 2. The zero-order valence-electron chi connectivity index (χ0n) is 9.68. The minimum absolute atomic E-state index is 0.542. The molecule has 0 aromatic heterocycles. The van der Waals surface area contributed by atoms with Gasteiger partial charge < -0.3 is 14.2 Å². The lowest BCUT2D eigenvalue weighted by molar-refractivity contribution is -0.218. The summed E-state index contributed by atoms with van der Waals surface area (Å²) in [6.45, 7) is 3.98. The van der Waals surface area contributed by atoms with Crippen LogP contribution in [0, 0.1) is 0 Å². The molecule has 1 saturated heterocycles. The molecule has 98 valence electrons. The molecule has 7 heteroatoms. The molecule has 0 spiro atoms. The Kier molecular flexibility index (Phi) is 4.88. The van der Waals surface area contributed by atoms with E-state index in [1.54, 1.807) is 6.92 Å². The number of carbonyl (C=O) groups is 2. The topological polar surface area (TPSA) is 61.8 Å². The van der Waals surface area contributed by atoms with Gasteiger partial charge in [0.25, 0.3) is 0 Å². The van der Waals surface area contributed by atoms with Crippen molar-refractivity contribution in [3.05, 3.63) is 0 Å². The molecule has 1 fully saturated rings. The molecule has 0 unspecified atom stereocenters. The summed E-state index contributed by atoms with van der Waals surface area (Å²) >= 11 is 3.04. The first-order chi connectivity index (χ1) is 7.82. The molecule has 0 radical (unpaired) electrons. The van der Waals surface area contributed by atoms with Crippen molar-refractivity contribution in [2.24, 2.45) is 0 Å².